The molecule has 2 aromatic carbocycles. The van der Waals surface area contributed by atoms with Crippen LogP contribution in [0.5, 0.6) is 0 Å². The topological polar surface area (TPSA) is 77.7 Å². The van der Waals surface area contributed by atoms with Crippen LogP contribution in [0, 0.1) is 0 Å². The first-order valence-corrected chi connectivity index (χ1v) is 12.1. The number of thiazole rings is 1. The summed E-state index contributed by atoms with van der Waals surface area (Å²) < 4.78 is 33.1. The van der Waals surface area contributed by atoms with E-state index in [0.717, 1.165) is 15.8 Å². The highest BCUT2D eigenvalue weighted by atomic mass is 32.2. The summed E-state index contributed by atoms with van der Waals surface area (Å²) in [7, 11) is -3.38. The molecule has 0 saturated heterocycles. The highest BCUT2D eigenvalue weighted by molar-refractivity contribution is 7.90. The second kappa shape index (κ2) is 9.96. The first kappa shape index (κ1) is 21.4. The Morgan fingerprint density at radius 2 is 1.83 bits per heavy atom. The molecule has 154 valence electrons. The molecule has 1 aromatic heterocycles. The van der Waals surface area contributed by atoms with Gasteiger partial charge in [0.2, 0.25) is 5.91 Å². The van der Waals surface area contributed by atoms with Gasteiger partial charge in [0.15, 0.2) is 14.6 Å². The van der Waals surface area contributed by atoms with E-state index in [2.05, 4.69) is 4.99 Å². The van der Waals surface area contributed by atoms with E-state index < -0.39 is 15.7 Å². The zero-order valence-electron chi connectivity index (χ0n) is 16.3. The van der Waals surface area contributed by atoms with Gasteiger partial charge in [0, 0.05) is 19.6 Å². The molecule has 0 spiro atoms. The third-order valence-electron chi connectivity index (χ3n) is 4.33. The summed E-state index contributed by atoms with van der Waals surface area (Å²) >= 11 is 1.42. The Morgan fingerprint density at radius 3 is 2.59 bits per heavy atom. The van der Waals surface area contributed by atoms with Gasteiger partial charge < -0.3 is 9.30 Å². The molecule has 3 rings (SSSR count). The molecule has 0 aliphatic rings. The number of ether oxygens (including phenoxy) is 1. The van der Waals surface area contributed by atoms with Gasteiger partial charge in [-0.15, -0.1) is 0 Å². The molecular formula is C21H24N2O4S2. The SMILES string of the molecule is CCOCCn1c(=NC(=O)CCS(=O)(=O)Cc2ccccc2)sc2ccccc21. The fourth-order valence-electron chi connectivity index (χ4n) is 2.93. The summed E-state index contributed by atoms with van der Waals surface area (Å²) in [4.78, 5) is 17.2. The lowest BCUT2D eigenvalue weighted by molar-refractivity contribution is -0.117. The van der Waals surface area contributed by atoms with E-state index in [1.165, 1.54) is 11.3 Å². The Labute approximate surface area is 174 Å². The lowest BCUT2D eigenvalue weighted by atomic mass is 10.2. The Bertz CT molecular complexity index is 1130. The maximum absolute atomic E-state index is 12.4. The van der Waals surface area contributed by atoms with E-state index in [0.29, 0.717) is 24.6 Å². The van der Waals surface area contributed by atoms with Crippen molar-refractivity contribution < 1.29 is 17.9 Å². The number of hydrogen-bond donors (Lipinski definition) is 0. The summed E-state index contributed by atoms with van der Waals surface area (Å²) in [6.45, 7) is 3.65. The van der Waals surface area contributed by atoms with Crippen molar-refractivity contribution in [2.45, 2.75) is 25.6 Å². The van der Waals surface area contributed by atoms with Gasteiger partial charge in [0.05, 0.1) is 28.3 Å². The van der Waals surface area contributed by atoms with Crippen molar-refractivity contribution in [2.24, 2.45) is 4.99 Å². The Kier molecular flexibility index (Phi) is 7.35. The molecule has 0 bridgehead atoms. The van der Waals surface area contributed by atoms with Crippen molar-refractivity contribution in [3.63, 3.8) is 0 Å². The van der Waals surface area contributed by atoms with Crippen molar-refractivity contribution in [3.05, 3.63) is 65.0 Å². The van der Waals surface area contributed by atoms with Crippen molar-refractivity contribution in [1.29, 1.82) is 0 Å². The molecule has 0 aliphatic heterocycles. The molecule has 0 aliphatic carbocycles. The summed E-state index contributed by atoms with van der Waals surface area (Å²) in [5, 5.41) is 0. The van der Waals surface area contributed by atoms with Crippen LogP contribution >= 0.6 is 11.3 Å². The van der Waals surface area contributed by atoms with Gasteiger partial charge in [0.25, 0.3) is 0 Å². The molecule has 1 amide bonds. The minimum absolute atomic E-state index is 0.0711. The van der Waals surface area contributed by atoms with E-state index in [1.807, 2.05) is 41.8 Å². The van der Waals surface area contributed by atoms with Gasteiger partial charge in [-0.25, -0.2) is 8.42 Å². The fourth-order valence-corrected chi connectivity index (χ4v) is 5.33. The Morgan fingerprint density at radius 1 is 1.10 bits per heavy atom. The molecule has 0 fully saturated rings. The molecule has 0 radical (unpaired) electrons. The van der Waals surface area contributed by atoms with Crippen LogP contribution in [0.1, 0.15) is 18.9 Å². The molecular weight excluding hydrogens is 408 g/mol. The van der Waals surface area contributed by atoms with Crippen molar-refractivity contribution in [1.82, 2.24) is 4.57 Å². The number of hydrogen-bond acceptors (Lipinski definition) is 5. The van der Waals surface area contributed by atoms with E-state index >= 15 is 0 Å². The second-order valence-corrected chi connectivity index (χ2v) is 9.73. The third-order valence-corrected chi connectivity index (χ3v) is 6.99. The maximum Gasteiger partial charge on any atom is 0.249 e. The van der Waals surface area contributed by atoms with E-state index in [9.17, 15) is 13.2 Å². The van der Waals surface area contributed by atoms with Gasteiger partial charge in [-0.05, 0) is 24.6 Å². The molecule has 29 heavy (non-hydrogen) atoms. The molecule has 6 nitrogen and oxygen atoms in total. The molecule has 0 N–H and O–H groups in total. The number of nitrogens with zero attached hydrogens (tertiary/aromatic N) is 2. The maximum atomic E-state index is 12.4. The van der Waals surface area contributed by atoms with Gasteiger partial charge in [-0.1, -0.05) is 53.8 Å². The van der Waals surface area contributed by atoms with Crippen LogP contribution in [0.15, 0.2) is 59.6 Å². The van der Waals surface area contributed by atoms with Crippen LogP contribution in [0.25, 0.3) is 10.2 Å². The zero-order valence-corrected chi connectivity index (χ0v) is 17.9. The predicted octanol–water partition coefficient (Wildman–Crippen LogP) is 3.17. The molecule has 0 atom stereocenters. The van der Waals surface area contributed by atoms with Gasteiger partial charge >= 0.3 is 0 Å². The summed E-state index contributed by atoms with van der Waals surface area (Å²) in [5.41, 5.74) is 1.70. The average Bonchev–Trinajstić information content (AvgIpc) is 3.04. The number of fused-ring (bicyclic) bond motifs is 1. The van der Waals surface area contributed by atoms with Crippen LogP contribution < -0.4 is 4.80 Å². The first-order valence-electron chi connectivity index (χ1n) is 9.46. The summed E-state index contributed by atoms with van der Waals surface area (Å²) in [6.07, 6.45) is -0.130. The van der Waals surface area contributed by atoms with Crippen LogP contribution in [0.4, 0.5) is 0 Å². The molecule has 3 aromatic rings. The summed E-state index contributed by atoms with van der Waals surface area (Å²) in [5.74, 6) is -0.717. The largest absolute Gasteiger partial charge is 0.380 e. The number of benzene rings is 2. The van der Waals surface area contributed by atoms with E-state index in [4.69, 9.17) is 4.74 Å². The number of carbonyl (C=O) groups excluding carboxylic acids is 1. The number of aromatic nitrogens is 1. The minimum Gasteiger partial charge on any atom is -0.380 e. The Balaban J connectivity index is 1.74. The smallest absolute Gasteiger partial charge is 0.249 e. The quantitative estimate of drug-likeness (QED) is 0.487. The molecule has 0 unspecified atom stereocenters. The number of sulfone groups is 1. The van der Waals surface area contributed by atoms with Crippen LogP contribution in [-0.4, -0.2) is 37.9 Å². The second-order valence-electron chi connectivity index (χ2n) is 6.53. The minimum atomic E-state index is -3.38. The predicted molar refractivity (Wildman–Crippen MR) is 115 cm³/mol. The average molecular weight is 433 g/mol. The van der Waals surface area contributed by atoms with E-state index in [-0.39, 0.29) is 17.9 Å². The molecule has 8 heteroatoms. The number of para-hydroxylation sites is 1. The molecule has 1 heterocycles. The fraction of sp³-hybridized carbons (Fsp3) is 0.333. The number of carbonyl (C=O) groups is 1. The van der Waals surface area contributed by atoms with Crippen LogP contribution in [0.2, 0.25) is 0 Å². The van der Waals surface area contributed by atoms with Crippen molar-refractivity contribution >= 4 is 37.3 Å². The van der Waals surface area contributed by atoms with Crippen molar-refractivity contribution in [3.8, 4) is 0 Å². The zero-order chi connectivity index (χ0) is 20.7. The van der Waals surface area contributed by atoms with Gasteiger partial charge in [-0.2, -0.15) is 4.99 Å². The van der Waals surface area contributed by atoms with Crippen molar-refractivity contribution in [2.75, 3.05) is 19.0 Å². The third kappa shape index (κ3) is 6.09. The molecule has 0 saturated carbocycles. The number of rotatable bonds is 9. The van der Waals surface area contributed by atoms with Crippen LogP contribution in [-0.2, 0) is 31.7 Å². The lowest BCUT2D eigenvalue weighted by Gasteiger charge is -2.05. The lowest BCUT2D eigenvalue weighted by Crippen LogP contribution is -2.20. The normalized spacial score (nSPS) is 12.5. The Hall–Kier alpha value is -2.29. The highest BCUT2D eigenvalue weighted by Gasteiger charge is 2.15. The van der Waals surface area contributed by atoms with Gasteiger partial charge in [0.1, 0.15) is 0 Å². The first-order chi connectivity index (χ1) is 14.0. The number of amides is 1. The highest BCUT2D eigenvalue weighted by Crippen LogP contribution is 2.16. The van der Waals surface area contributed by atoms with Crippen LogP contribution in [0.3, 0.4) is 0 Å². The van der Waals surface area contributed by atoms with Gasteiger partial charge in [-0.3, -0.25) is 4.79 Å². The van der Waals surface area contributed by atoms with E-state index in [1.54, 1.807) is 24.3 Å². The monoisotopic (exact) mass is 432 g/mol. The standard InChI is InChI=1S/C21H24N2O4S2/c1-2-27-14-13-23-18-10-6-7-11-19(18)28-21(23)22-20(24)12-15-29(25,26)16-17-8-4-3-5-9-17/h3-11H,2,12-16H2,1H3. The summed E-state index contributed by atoms with van der Waals surface area (Å²) in [6, 6.07) is 16.8.